The SMILES string of the molecule is CCc1cccc(CC)c1NC(N)=NCc1ccc(C(=O)NCC(N)=O)cc1.I. The van der Waals surface area contributed by atoms with Crippen LogP contribution in [0.2, 0.25) is 0 Å². The molecule has 0 aliphatic carbocycles. The van der Waals surface area contributed by atoms with Gasteiger partial charge in [-0.1, -0.05) is 44.2 Å². The number of anilines is 1. The molecule has 2 amide bonds. The Morgan fingerprint density at radius 1 is 0.966 bits per heavy atom. The molecule has 0 saturated heterocycles. The molecule has 0 spiro atoms. The highest BCUT2D eigenvalue weighted by atomic mass is 127. The first-order valence-corrected chi connectivity index (χ1v) is 9.27. The molecule has 156 valence electrons. The zero-order valence-corrected chi connectivity index (χ0v) is 19.0. The molecule has 0 aromatic heterocycles. The minimum Gasteiger partial charge on any atom is -0.370 e. The van der Waals surface area contributed by atoms with Crippen LogP contribution in [0, 0.1) is 0 Å². The number of primary amides is 1. The number of carbonyl (C=O) groups excluding carboxylic acids is 2. The Morgan fingerprint density at radius 2 is 1.55 bits per heavy atom. The molecule has 0 unspecified atom stereocenters. The smallest absolute Gasteiger partial charge is 0.251 e. The van der Waals surface area contributed by atoms with Gasteiger partial charge in [-0.05, 0) is 41.7 Å². The normalized spacial score (nSPS) is 10.8. The predicted octanol–water partition coefficient (Wildman–Crippen LogP) is 2.57. The number of aliphatic imine (C=N–C) groups is 1. The van der Waals surface area contributed by atoms with Crippen molar-refractivity contribution < 1.29 is 9.59 Å². The van der Waals surface area contributed by atoms with Crippen LogP contribution in [-0.2, 0) is 24.2 Å². The number of nitrogens with zero attached hydrogens (tertiary/aromatic N) is 1. The second kappa shape index (κ2) is 12.1. The second-order valence-corrected chi connectivity index (χ2v) is 6.33. The fraction of sp³-hybridized carbons (Fsp3) is 0.286. The third-order valence-corrected chi connectivity index (χ3v) is 4.32. The molecular formula is C21H28IN5O2. The first-order valence-electron chi connectivity index (χ1n) is 9.27. The summed E-state index contributed by atoms with van der Waals surface area (Å²) in [7, 11) is 0. The number of amides is 2. The lowest BCUT2D eigenvalue weighted by Gasteiger charge is -2.14. The van der Waals surface area contributed by atoms with Crippen molar-refractivity contribution in [2.24, 2.45) is 16.5 Å². The Morgan fingerprint density at radius 3 is 2.07 bits per heavy atom. The first-order chi connectivity index (χ1) is 13.4. The van der Waals surface area contributed by atoms with E-state index >= 15 is 0 Å². The van der Waals surface area contributed by atoms with Gasteiger partial charge in [-0.2, -0.15) is 0 Å². The van der Waals surface area contributed by atoms with Gasteiger partial charge in [-0.15, -0.1) is 24.0 Å². The zero-order valence-electron chi connectivity index (χ0n) is 16.7. The molecule has 0 bridgehead atoms. The monoisotopic (exact) mass is 509 g/mol. The van der Waals surface area contributed by atoms with Crippen LogP contribution in [0.15, 0.2) is 47.5 Å². The van der Waals surface area contributed by atoms with Crippen molar-refractivity contribution >= 4 is 47.4 Å². The van der Waals surface area contributed by atoms with E-state index in [4.69, 9.17) is 11.5 Å². The van der Waals surface area contributed by atoms with Crippen molar-refractivity contribution in [3.63, 3.8) is 0 Å². The molecule has 2 rings (SSSR count). The number of carbonyl (C=O) groups is 2. The average Bonchev–Trinajstić information content (AvgIpc) is 2.71. The Hall–Kier alpha value is -2.62. The van der Waals surface area contributed by atoms with E-state index in [1.807, 2.05) is 0 Å². The summed E-state index contributed by atoms with van der Waals surface area (Å²) in [5, 5.41) is 5.67. The van der Waals surface area contributed by atoms with E-state index in [1.54, 1.807) is 24.3 Å². The fourth-order valence-electron chi connectivity index (χ4n) is 2.78. The predicted molar refractivity (Wildman–Crippen MR) is 128 cm³/mol. The fourth-order valence-corrected chi connectivity index (χ4v) is 2.78. The number of nitrogens with one attached hydrogen (secondary N) is 2. The van der Waals surface area contributed by atoms with Gasteiger partial charge in [0.25, 0.3) is 5.91 Å². The number of guanidine groups is 1. The highest BCUT2D eigenvalue weighted by Gasteiger charge is 2.08. The molecule has 0 atom stereocenters. The standard InChI is InChI=1S/C21H27N5O2.HI/c1-3-15-6-5-7-16(4-2)19(15)26-21(23)25-12-14-8-10-17(11-9-14)20(28)24-13-18(22)27;/h5-11H,3-4,12-13H2,1-2H3,(H2,22,27)(H,24,28)(H3,23,25,26);1H. The van der Waals surface area contributed by atoms with E-state index in [0.717, 1.165) is 24.1 Å². The van der Waals surface area contributed by atoms with Gasteiger partial charge in [0.05, 0.1) is 13.1 Å². The highest BCUT2D eigenvalue weighted by molar-refractivity contribution is 14.0. The summed E-state index contributed by atoms with van der Waals surface area (Å²) in [6.45, 7) is 4.41. The zero-order chi connectivity index (χ0) is 20.5. The summed E-state index contributed by atoms with van der Waals surface area (Å²) in [6, 6.07) is 13.2. The van der Waals surface area contributed by atoms with Gasteiger partial charge in [0.15, 0.2) is 5.96 Å². The molecule has 0 aliphatic heterocycles. The minimum absolute atomic E-state index is 0. The van der Waals surface area contributed by atoms with E-state index in [0.29, 0.717) is 18.1 Å². The number of hydrogen-bond donors (Lipinski definition) is 4. The summed E-state index contributed by atoms with van der Waals surface area (Å²) in [5.74, 6) is -0.588. The molecular weight excluding hydrogens is 481 g/mol. The molecule has 8 heteroatoms. The average molecular weight is 509 g/mol. The molecule has 0 aliphatic rings. The van der Waals surface area contributed by atoms with Crippen molar-refractivity contribution in [1.82, 2.24) is 5.32 Å². The van der Waals surface area contributed by atoms with E-state index in [1.165, 1.54) is 11.1 Å². The van der Waals surface area contributed by atoms with E-state index in [9.17, 15) is 9.59 Å². The maximum atomic E-state index is 11.9. The van der Waals surface area contributed by atoms with Gasteiger partial charge >= 0.3 is 0 Å². The lowest BCUT2D eigenvalue weighted by Crippen LogP contribution is -2.33. The third-order valence-electron chi connectivity index (χ3n) is 4.32. The summed E-state index contributed by atoms with van der Waals surface area (Å²) in [5.41, 5.74) is 15.9. The van der Waals surface area contributed by atoms with Crippen molar-refractivity contribution in [1.29, 1.82) is 0 Å². The minimum atomic E-state index is -0.585. The molecule has 7 nitrogen and oxygen atoms in total. The number of nitrogens with two attached hydrogens (primary N) is 2. The van der Waals surface area contributed by atoms with Crippen molar-refractivity contribution in [2.45, 2.75) is 33.2 Å². The van der Waals surface area contributed by atoms with Gasteiger partial charge in [0.2, 0.25) is 5.91 Å². The topological polar surface area (TPSA) is 123 Å². The molecule has 6 N–H and O–H groups in total. The molecule has 2 aromatic carbocycles. The van der Waals surface area contributed by atoms with Crippen molar-refractivity contribution in [3.05, 3.63) is 64.7 Å². The van der Waals surface area contributed by atoms with Gasteiger partial charge in [-0.25, -0.2) is 4.99 Å². The van der Waals surface area contributed by atoms with Gasteiger partial charge in [0, 0.05) is 11.3 Å². The highest BCUT2D eigenvalue weighted by Crippen LogP contribution is 2.22. The number of benzene rings is 2. The second-order valence-electron chi connectivity index (χ2n) is 6.33. The summed E-state index contributed by atoms with van der Waals surface area (Å²) < 4.78 is 0. The Balaban J connectivity index is 0.00000420. The summed E-state index contributed by atoms with van der Waals surface area (Å²) in [4.78, 5) is 27.0. The molecule has 0 fully saturated rings. The van der Waals surface area contributed by atoms with Gasteiger partial charge in [-0.3, -0.25) is 9.59 Å². The number of halogens is 1. The first kappa shape index (κ1) is 24.4. The molecule has 0 heterocycles. The van der Waals surface area contributed by atoms with Crippen LogP contribution < -0.4 is 22.1 Å². The maximum Gasteiger partial charge on any atom is 0.251 e. The summed E-state index contributed by atoms with van der Waals surface area (Å²) in [6.07, 6.45) is 1.81. The van der Waals surface area contributed by atoms with Crippen LogP contribution in [0.4, 0.5) is 5.69 Å². The Bertz CT molecular complexity index is 844. The van der Waals surface area contributed by atoms with Gasteiger partial charge in [0.1, 0.15) is 0 Å². The van der Waals surface area contributed by atoms with Gasteiger partial charge < -0.3 is 22.1 Å². The summed E-state index contributed by atoms with van der Waals surface area (Å²) >= 11 is 0. The van der Waals surface area contributed by atoms with E-state index < -0.39 is 5.91 Å². The Kier molecular flexibility index (Phi) is 10.1. The number of hydrogen-bond acceptors (Lipinski definition) is 3. The van der Waals surface area contributed by atoms with E-state index in [-0.39, 0.29) is 36.4 Å². The van der Waals surface area contributed by atoms with Crippen molar-refractivity contribution in [3.8, 4) is 0 Å². The molecule has 29 heavy (non-hydrogen) atoms. The van der Waals surface area contributed by atoms with Crippen LogP contribution in [0.1, 0.15) is 40.9 Å². The number of aryl methyl sites for hydroxylation is 2. The van der Waals surface area contributed by atoms with Crippen LogP contribution in [0.5, 0.6) is 0 Å². The van der Waals surface area contributed by atoms with Crippen LogP contribution >= 0.6 is 24.0 Å². The lowest BCUT2D eigenvalue weighted by atomic mass is 10.0. The third kappa shape index (κ3) is 7.37. The molecule has 2 aromatic rings. The molecule has 0 radical (unpaired) electrons. The van der Waals surface area contributed by atoms with E-state index in [2.05, 4.69) is 47.7 Å². The molecule has 0 saturated carbocycles. The van der Waals surface area contributed by atoms with Crippen LogP contribution in [0.25, 0.3) is 0 Å². The quantitative estimate of drug-likeness (QED) is 0.248. The van der Waals surface area contributed by atoms with Crippen LogP contribution in [0.3, 0.4) is 0 Å². The largest absolute Gasteiger partial charge is 0.370 e. The number of rotatable bonds is 8. The lowest BCUT2D eigenvalue weighted by molar-refractivity contribution is -0.117. The van der Waals surface area contributed by atoms with Crippen LogP contribution in [-0.4, -0.2) is 24.3 Å². The van der Waals surface area contributed by atoms with Crippen molar-refractivity contribution in [2.75, 3.05) is 11.9 Å². The maximum absolute atomic E-state index is 11.9. The number of para-hydroxylation sites is 1. The Labute approximate surface area is 188 Å².